The van der Waals surface area contributed by atoms with Crippen LogP contribution in [-0.4, -0.2) is 61.0 Å². The number of carboxylic acids is 1. The van der Waals surface area contributed by atoms with Gasteiger partial charge in [0.1, 0.15) is 17.3 Å². The first-order valence-electron chi connectivity index (χ1n) is 17.0. The van der Waals surface area contributed by atoms with Gasteiger partial charge >= 0.3 is 5.97 Å². The second-order valence-corrected chi connectivity index (χ2v) is 15.7. The topological polar surface area (TPSA) is 150 Å². The van der Waals surface area contributed by atoms with Crippen molar-refractivity contribution in [1.29, 1.82) is 0 Å². The molecule has 4 amide bonds. The van der Waals surface area contributed by atoms with Crippen LogP contribution in [-0.2, 0) is 31.0 Å². The first-order chi connectivity index (χ1) is 24.3. The molecule has 2 aliphatic carbocycles. The maximum atomic E-state index is 14.9. The van der Waals surface area contributed by atoms with Crippen molar-refractivity contribution in [2.75, 3.05) is 11.4 Å². The lowest BCUT2D eigenvalue weighted by atomic mass is 9.51. The van der Waals surface area contributed by atoms with Crippen LogP contribution in [0, 0.1) is 36.0 Å². The molecule has 2 aliphatic heterocycles. The number of rotatable bonds is 7. The molecule has 51 heavy (non-hydrogen) atoms. The van der Waals surface area contributed by atoms with Gasteiger partial charge in [-0.15, -0.1) is 11.3 Å². The van der Waals surface area contributed by atoms with E-state index in [-0.39, 0.29) is 49.8 Å². The summed E-state index contributed by atoms with van der Waals surface area (Å²) in [4.78, 5) is 71.6. The summed E-state index contributed by atoms with van der Waals surface area (Å²) in [6.45, 7) is 3.77. The third kappa shape index (κ3) is 4.82. The number of allylic oxidation sites excluding steroid dienone is 2. The second kappa shape index (κ2) is 11.9. The minimum atomic E-state index is -1.33. The molecule has 2 saturated heterocycles. The number of benzene rings is 2. The van der Waals surface area contributed by atoms with Gasteiger partial charge in [0.25, 0.3) is 0 Å². The highest BCUT2D eigenvalue weighted by atomic mass is 35.5. The van der Waals surface area contributed by atoms with E-state index >= 15 is 0 Å². The van der Waals surface area contributed by atoms with Crippen LogP contribution in [0.4, 0.5) is 5.82 Å². The summed E-state index contributed by atoms with van der Waals surface area (Å²) in [6, 6.07) is 14.2. The molecule has 0 spiro atoms. The zero-order valence-electron chi connectivity index (χ0n) is 28.1. The van der Waals surface area contributed by atoms with E-state index in [1.165, 1.54) is 14.5 Å². The highest BCUT2D eigenvalue weighted by Gasteiger charge is 2.68. The summed E-state index contributed by atoms with van der Waals surface area (Å²) in [5.41, 5.74) is 1.51. The SMILES string of the molecule is Cc1c(-c2cc(N3C(=O)[C@@H]4C[C@@H]5C(=CC[C@@H]6C(=O)N(CCCC(=O)O)C(=O)[C@@H]65)[C@H](c5ccccc5O)[C@]4(C)C3=O)n(C)n2)sc2ccc(Cl)cc12. The monoisotopic (exact) mass is 726 g/mol. The fourth-order valence-electron chi connectivity index (χ4n) is 9.20. The van der Waals surface area contributed by atoms with Gasteiger partial charge in [-0.2, -0.15) is 5.10 Å². The van der Waals surface area contributed by atoms with Gasteiger partial charge in [0.2, 0.25) is 23.6 Å². The zero-order chi connectivity index (χ0) is 36.1. The number of aryl methyl sites for hydroxylation is 2. The molecule has 0 radical (unpaired) electrons. The molecule has 6 atom stereocenters. The molecular weight excluding hydrogens is 692 g/mol. The van der Waals surface area contributed by atoms with Crippen LogP contribution in [0.3, 0.4) is 0 Å². The van der Waals surface area contributed by atoms with E-state index in [9.17, 15) is 29.1 Å². The van der Waals surface area contributed by atoms with Gasteiger partial charge in [-0.1, -0.05) is 41.4 Å². The number of hydrogen-bond donors (Lipinski definition) is 2. The van der Waals surface area contributed by atoms with Crippen LogP contribution >= 0.6 is 22.9 Å². The van der Waals surface area contributed by atoms with Crippen LogP contribution in [0.5, 0.6) is 5.75 Å². The number of carboxylic acid groups (broad SMARTS) is 1. The molecule has 0 bridgehead atoms. The number of amides is 4. The van der Waals surface area contributed by atoms with Gasteiger partial charge in [0.15, 0.2) is 0 Å². The second-order valence-electron chi connectivity index (χ2n) is 14.3. The number of phenols is 1. The molecule has 2 aromatic carbocycles. The number of aromatic nitrogens is 2. The van der Waals surface area contributed by atoms with E-state index in [2.05, 4.69) is 0 Å². The number of fused-ring (bicyclic) bond motifs is 5. The summed E-state index contributed by atoms with van der Waals surface area (Å²) in [5.74, 6) is -5.86. The van der Waals surface area contributed by atoms with Crippen LogP contribution in [0.25, 0.3) is 20.7 Å². The Labute approximate surface area is 302 Å². The van der Waals surface area contributed by atoms with Crippen LogP contribution in [0.1, 0.15) is 49.7 Å². The predicted octanol–water partition coefficient (Wildman–Crippen LogP) is 6.06. The number of carbonyl (C=O) groups is 5. The number of nitrogens with zero attached hydrogens (tertiary/aromatic N) is 4. The number of phenolic OH excluding ortho intramolecular Hbond substituents is 1. The standard InChI is InChI=1S/C38H35ClN4O7S/c1-18-23-15-19(39)10-13-28(23)51-33(18)26-17-29(41(3)40-26)43-35(48)25-16-24-20(32(38(25,2)37(43)50)21-7-4-5-8-27(21)44)11-12-22-31(24)36(49)42(34(22)47)14-6-9-30(45)46/h4-5,7-8,10-11,13,15,17,22,24-25,31-32,44H,6,9,12,14,16H2,1-3H3,(H,45,46)/t22-,24+,25-,31-,32+,38+/m0/s1. The van der Waals surface area contributed by atoms with Crippen molar-refractivity contribution in [1.82, 2.24) is 14.7 Å². The summed E-state index contributed by atoms with van der Waals surface area (Å²) >= 11 is 7.84. The van der Waals surface area contributed by atoms with Gasteiger partial charge < -0.3 is 10.2 Å². The molecule has 0 unspecified atom stereocenters. The average Bonchev–Trinajstić information content (AvgIpc) is 3.76. The number of likely N-dealkylation sites (tertiary alicyclic amines) is 1. The number of thiophene rings is 1. The highest BCUT2D eigenvalue weighted by Crippen LogP contribution is 2.64. The van der Waals surface area contributed by atoms with Crippen LogP contribution < -0.4 is 4.90 Å². The first-order valence-corrected chi connectivity index (χ1v) is 18.2. The average molecular weight is 727 g/mol. The molecule has 1 saturated carbocycles. The van der Waals surface area contributed by atoms with Crippen molar-refractivity contribution >= 4 is 68.4 Å². The first kappa shape index (κ1) is 33.3. The van der Waals surface area contributed by atoms with Gasteiger partial charge in [-0.05, 0) is 74.2 Å². The van der Waals surface area contributed by atoms with Crippen molar-refractivity contribution in [3.05, 3.63) is 76.3 Å². The third-order valence-corrected chi connectivity index (χ3v) is 13.1. The lowest BCUT2D eigenvalue weighted by molar-refractivity contribution is -0.142. The minimum Gasteiger partial charge on any atom is -0.508 e. The summed E-state index contributed by atoms with van der Waals surface area (Å²) in [5, 5.41) is 26.7. The lowest BCUT2D eigenvalue weighted by Crippen LogP contribution is -2.49. The number of imide groups is 2. The fourth-order valence-corrected chi connectivity index (χ4v) is 10.5. The maximum absolute atomic E-state index is 14.9. The number of anilines is 1. The number of hydrogen-bond acceptors (Lipinski definition) is 8. The van der Waals surface area contributed by atoms with Gasteiger partial charge in [-0.3, -0.25) is 33.6 Å². The van der Waals surface area contributed by atoms with Crippen LogP contribution in [0.15, 0.2) is 60.2 Å². The van der Waals surface area contributed by atoms with E-state index in [0.717, 1.165) is 26.1 Å². The Bertz CT molecular complexity index is 2240. The van der Waals surface area contributed by atoms with Gasteiger partial charge in [0.05, 0.1) is 28.0 Å². The maximum Gasteiger partial charge on any atom is 0.303 e. The summed E-state index contributed by atoms with van der Waals surface area (Å²) in [6.07, 6.45) is 2.32. The molecule has 262 valence electrons. The molecule has 4 aliphatic rings. The Hall–Kier alpha value is -4.81. The molecule has 13 heteroatoms. The largest absolute Gasteiger partial charge is 0.508 e. The Morgan fingerprint density at radius 2 is 1.82 bits per heavy atom. The number of halogens is 1. The van der Waals surface area contributed by atoms with Crippen molar-refractivity contribution in [2.24, 2.45) is 36.1 Å². The van der Waals surface area contributed by atoms with Crippen LogP contribution in [0.2, 0.25) is 5.02 Å². The molecule has 2 N–H and O–H groups in total. The molecule has 11 nitrogen and oxygen atoms in total. The highest BCUT2D eigenvalue weighted by molar-refractivity contribution is 7.22. The van der Waals surface area contributed by atoms with Crippen molar-refractivity contribution < 1.29 is 34.2 Å². The lowest BCUT2D eigenvalue weighted by Gasteiger charge is -2.49. The minimum absolute atomic E-state index is 0.00337. The van der Waals surface area contributed by atoms with E-state index in [1.807, 2.05) is 31.2 Å². The smallest absolute Gasteiger partial charge is 0.303 e. The Morgan fingerprint density at radius 3 is 2.57 bits per heavy atom. The fraction of sp³-hybridized carbons (Fsp3) is 0.368. The molecule has 2 aromatic heterocycles. The van der Waals surface area contributed by atoms with E-state index in [1.54, 1.807) is 55.6 Å². The summed E-state index contributed by atoms with van der Waals surface area (Å²) in [7, 11) is 1.69. The number of aliphatic carboxylic acids is 1. The molecule has 4 aromatic rings. The van der Waals surface area contributed by atoms with Crippen molar-refractivity contribution in [2.45, 2.75) is 45.4 Å². The molecule has 8 rings (SSSR count). The molecular formula is C38H35ClN4O7S. The zero-order valence-corrected chi connectivity index (χ0v) is 29.7. The normalized spacial score (nSPS) is 27.2. The van der Waals surface area contributed by atoms with Gasteiger partial charge in [0, 0.05) is 47.3 Å². The number of para-hydroxylation sites is 1. The van der Waals surface area contributed by atoms with Gasteiger partial charge in [-0.25, -0.2) is 4.90 Å². The van der Waals surface area contributed by atoms with E-state index in [4.69, 9.17) is 21.8 Å². The van der Waals surface area contributed by atoms with E-state index in [0.29, 0.717) is 22.1 Å². The Kier molecular flexibility index (Phi) is 7.77. The summed E-state index contributed by atoms with van der Waals surface area (Å²) < 4.78 is 2.57. The predicted molar refractivity (Wildman–Crippen MR) is 190 cm³/mol. The Morgan fingerprint density at radius 1 is 1.06 bits per heavy atom. The van der Waals surface area contributed by atoms with E-state index < -0.39 is 52.8 Å². The number of aromatic hydroxyl groups is 1. The quantitative estimate of drug-likeness (QED) is 0.172. The molecule has 4 heterocycles. The van der Waals surface area contributed by atoms with Crippen molar-refractivity contribution in [3.63, 3.8) is 0 Å². The Balaban J connectivity index is 1.21. The van der Waals surface area contributed by atoms with Crippen molar-refractivity contribution in [3.8, 4) is 16.3 Å². The third-order valence-electron chi connectivity index (χ3n) is 11.6. The number of carbonyl (C=O) groups excluding carboxylic acids is 4. The molecule has 3 fully saturated rings.